The van der Waals surface area contributed by atoms with E-state index in [0.717, 1.165) is 11.1 Å². The fourth-order valence-electron chi connectivity index (χ4n) is 2.45. The van der Waals surface area contributed by atoms with E-state index in [4.69, 9.17) is 0 Å². The number of aliphatic hydroxyl groups is 1. The van der Waals surface area contributed by atoms with Gasteiger partial charge in [0.05, 0.1) is 11.9 Å². The largest absolute Gasteiger partial charge is 0.388 e. The first-order valence-electron chi connectivity index (χ1n) is 8.22. The lowest BCUT2D eigenvalue weighted by Crippen LogP contribution is -2.37. The Hall–Kier alpha value is -1.78. The van der Waals surface area contributed by atoms with Crippen LogP contribution in [0.25, 0.3) is 0 Å². The summed E-state index contributed by atoms with van der Waals surface area (Å²) in [4.78, 5) is 14.4. The standard InChI is InChI=1S/C20H25NO2S/c1-16(2)21(13-17-9-5-3-6-10-17)20(23)15-24-14-19(22)18-11-7-4-8-12-18/h3-12,16,19,22H,13-15H2,1-2H3. The topological polar surface area (TPSA) is 40.5 Å². The summed E-state index contributed by atoms with van der Waals surface area (Å²) < 4.78 is 0. The monoisotopic (exact) mass is 343 g/mol. The highest BCUT2D eigenvalue weighted by atomic mass is 32.2. The van der Waals surface area contributed by atoms with E-state index in [9.17, 15) is 9.90 Å². The van der Waals surface area contributed by atoms with Gasteiger partial charge >= 0.3 is 0 Å². The number of hydrogen-bond donors (Lipinski definition) is 1. The number of rotatable bonds is 8. The lowest BCUT2D eigenvalue weighted by molar-refractivity contribution is -0.130. The van der Waals surface area contributed by atoms with Crippen molar-refractivity contribution in [1.29, 1.82) is 0 Å². The van der Waals surface area contributed by atoms with Gasteiger partial charge in [-0.25, -0.2) is 0 Å². The second-order valence-electron chi connectivity index (χ2n) is 6.04. The first kappa shape index (κ1) is 18.6. The van der Waals surface area contributed by atoms with Gasteiger partial charge in [-0.1, -0.05) is 60.7 Å². The molecule has 0 fully saturated rings. The number of amides is 1. The molecule has 1 unspecified atom stereocenters. The van der Waals surface area contributed by atoms with E-state index in [2.05, 4.69) is 0 Å². The van der Waals surface area contributed by atoms with Crippen LogP contribution in [0, 0.1) is 0 Å². The molecule has 1 atom stereocenters. The van der Waals surface area contributed by atoms with Gasteiger partial charge in [-0.2, -0.15) is 0 Å². The van der Waals surface area contributed by atoms with Crippen molar-refractivity contribution in [3.8, 4) is 0 Å². The highest BCUT2D eigenvalue weighted by Crippen LogP contribution is 2.19. The van der Waals surface area contributed by atoms with E-state index in [1.165, 1.54) is 11.8 Å². The molecule has 2 rings (SSSR count). The maximum Gasteiger partial charge on any atom is 0.233 e. The first-order valence-corrected chi connectivity index (χ1v) is 9.37. The van der Waals surface area contributed by atoms with Gasteiger partial charge in [0.25, 0.3) is 0 Å². The number of aliphatic hydroxyl groups excluding tert-OH is 1. The van der Waals surface area contributed by atoms with E-state index in [0.29, 0.717) is 18.1 Å². The van der Waals surface area contributed by atoms with E-state index in [-0.39, 0.29) is 11.9 Å². The third-order valence-corrected chi connectivity index (χ3v) is 4.83. The molecule has 0 saturated carbocycles. The molecule has 0 aliphatic heterocycles. The fourth-order valence-corrected chi connectivity index (χ4v) is 3.33. The molecule has 0 aromatic heterocycles. The molecule has 2 aromatic carbocycles. The summed E-state index contributed by atoms with van der Waals surface area (Å²) in [5, 5.41) is 10.2. The Balaban J connectivity index is 1.85. The molecule has 1 N–H and O–H groups in total. The second-order valence-corrected chi connectivity index (χ2v) is 7.07. The van der Waals surface area contributed by atoms with Crippen LogP contribution in [-0.2, 0) is 11.3 Å². The molecule has 0 saturated heterocycles. The average Bonchev–Trinajstić information content (AvgIpc) is 2.60. The minimum atomic E-state index is -0.536. The summed E-state index contributed by atoms with van der Waals surface area (Å²) in [6, 6.07) is 19.7. The number of carbonyl (C=O) groups excluding carboxylic acids is 1. The third-order valence-electron chi connectivity index (χ3n) is 3.83. The molecule has 1 amide bonds. The van der Waals surface area contributed by atoms with Crippen LogP contribution in [0.4, 0.5) is 0 Å². The van der Waals surface area contributed by atoms with Crippen LogP contribution in [0.3, 0.4) is 0 Å². The maximum atomic E-state index is 12.5. The highest BCUT2D eigenvalue weighted by Gasteiger charge is 2.18. The quantitative estimate of drug-likeness (QED) is 0.790. The summed E-state index contributed by atoms with van der Waals surface area (Å²) in [5.41, 5.74) is 2.02. The molecule has 2 aromatic rings. The van der Waals surface area contributed by atoms with Gasteiger partial charge in [0.15, 0.2) is 0 Å². The lowest BCUT2D eigenvalue weighted by Gasteiger charge is -2.27. The smallest absolute Gasteiger partial charge is 0.233 e. The van der Waals surface area contributed by atoms with Gasteiger partial charge in [-0.05, 0) is 25.0 Å². The van der Waals surface area contributed by atoms with Crippen LogP contribution in [0.15, 0.2) is 60.7 Å². The van der Waals surface area contributed by atoms with Crippen molar-refractivity contribution in [3.63, 3.8) is 0 Å². The summed E-state index contributed by atoms with van der Waals surface area (Å²) in [6.45, 7) is 4.69. The van der Waals surface area contributed by atoms with E-state index >= 15 is 0 Å². The number of nitrogens with zero attached hydrogens (tertiary/aromatic N) is 1. The zero-order valence-electron chi connectivity index (χ0n) is 14.3. The van der Waals surface area contributed by atoms with Crippen LogP contribution in [0.2, 0.25) is 0 Å². The Morgan fingerprint density at radius 3 is 2.21 bits per heavy atom. The Bertz CT molecular complexity index is 616. The molecule has 0 aliphatic rings. The molecule has 0 bridgehead atoms. The lowest BCUT2D eigenvalue weighted by atomic mass is 10.1. The summed E-state index contributed by atoms with van der Waals surface area (Å²) in [6.07, 6.45) is -0.536. The molecule has 3 nitrogen and oxygen atoms in total. The fraction of sp³-hybridized carbons (Fsp3) is 0.350. The Morgan fingerprint density at radius 2 is 1.62 bits per heavy atom. The van der Waals surface area contributed by atoms with Crippen LogP contribution < -0.4 is 0 Å². The van der Waals surface area contributed by atoms with Crippen molar-refractivity contribution in [3.05, 3.63) is 71.8 Å². The Kier molecular flexibility index (Phi) is 7.35. The molecule has 128 valence electrons. The van der Waals surface area contributed by atoms with Crippen molar-refractivity contribution in [2.75, 3.05) is 11.5 Å². The molecule has 0 spiro atoms. The van der Waals surface area contributed by atoms with Crippen molar-refractivity contribution in [2.45, 2.75) is 32.5 Å². The second kappa shape index (κ2) is 9.50. The van der Waals surface area contributed by atoms with Crippen molar-refractivity contribution >= 4 is 17.7 Å². The Morgan fingerprint density at radius 1 is 1.04 bits per heavy atom. The van der Waals surface area contributed by atoms with E-state index in [1.54, 1.807) is 0 Å². The van der Waals surface area contributed by atoms with Crippen molar-refractivity contribution in [1.82, 2.24) is 4.90 Å². The zero-order chi connectivity index (χ0) is 17.4. The highest BCUT2D eigenvalue weighted by molar-refractivity contribution is 7.99. The summed E-state index contributed by atoms with van der Waals surface area (Å²) >= 11 is 1.48. The minimum absolute atomic E-state index is 0.110. The third kappa shape index (κ3) is 5.69. The number of benzene rings is 2. The van der Waals surface area contributed by atoms with Crippen LogP contribution in [0.1, 0.15) is 31.1 Å². The van der Waals surface area contributed by atoms with Gasteiger partial charge in [-0.15, -0.1) is 11.8 Å². The number of carbonyl (C=O) groups is 1. The van der Waals surface area contributed by atoms with Gasteiger partial charge in [0, 0.05) is 18.3 Å². The minimum Gasteiger partial charge on any atom is -0.388 e. The molecular weight excluding hydrogens is 318 g/mol. The van der Waals surface area contributed by atoms with Gasteiger partial charge < -0.3 is 10.0 Å². The number of thioether (sulfide) groups is 1. The summed E-state index contributed by atoms with van der Waals surface area (Å²) in [5.74, 6) is 1.01. The molecule has 4 heteroatoms. The Labute approximate surface area is 148 Å². The predicted octanol–water partition coefficient (Wildman–Crippen LogP) is 3.89. The van der Waals surface area contributed by atoms with Crippen molar-refractivity contribution in [2.24, 2.45) is 0 Å². The normalized spacial score (nSPS) is 12.2. The average molecular weight is 343 g/mol. The van der Waals surface area contributed by atoms with Crippen LogP contribution in [-0.4, -0.2) is 33.5 Å². The number of hydrogen-bond acceptors (Lipinski definition) is 3. The maximum absolute atomic E-state index is 12.5. The predicted molar refractivity (Wildman–Crippen MR) is 101 cm³/mol. The molecular formula is C20H25NO2S. The molecule has 24 heavy (non-hydrogen) atoms. The molecule has 0 radical (unpaired) electrons. The SMILES string of the molecule is CC(C)N(Cc1ccccc1)C(=O)CSCC(O)c1ccccc1. The van der Waals surface area contributed by atoms with Gasteiger partial charge in [0.1, 0.15) is 0 Å². The molecule has 0 aliphatic carbocycles. The van der Waals surface area contributed by atoms with Crippen LogP contribution >= 0.6 is 11.8 Å². The first-order chi connectivity index (χ1) is 11.6. The van der Waals surface area contributed by atoms with E-state index < -0.39 is 6.10 Å². The molecule has 0 heterocycles. The van der Waals surface area contributed by atoms with Crippen molar-refractivity contribution < 1.29 is 9.90 Å². The van der Waals surface area contributed by atoms with Crippen LogP contribution in [0.5, 0.6) is 0 Å². The van der Waals surface area contributed by atoms with Gasteiger partial charge in [0.2, 0.25) is 5.91 Å². The van der Waals surface area contributed by atoms with E-state index in [1.807, 2.05) is 79.4 Å². The van der Waals surface area contributed by atoms with Gasteiger partial charge in [-0.3, -0.25) is 4.79 Å². The summed E-state index contributed by atoms with van der Waals surface area (Å²) in [7, 11) is 0. The zero-order valence-corrected chi connectivity index (χ0v) is 15.1.